The fourth-order valence-electron chi connectivity index (χ4n) is 3.60. The van der Waals surface area contributed by atoms with Crippen molar-refractivity contribution in [3.63, 3.8) is 0 Å². The second kappa shape index (κ2) is 13.3. The Hall–Kier alpha value is -4.10. The normalized spacial score (nSPS) is 10.7. The van der Waals surface area contributed by atoms with Crippen LogP contribution in [-0.4, -0.2) is 55.1 Å². The van der Waals surface area contributed by atoms with Crippen LogP contribution in [0.2, 0.25) is 0 Å². The SMILES string of the molecule is CCOC(=O)CN(CC)C(=O)C=CCNc1cc2c(Nc3cccc(Br)c3)c(C#N)cnc2cc1OC. The molecule has 9 nitrogen and oxygen atoms in total. The van der Waals surface area contributed by atoms with Crippen molar-refractivity contribution in [3.05, 3.63) is 64.8 Å². The van der Waals surface area contributed by atoms with Crippen LogP contribution in [0.25, 0.3) is 10.9 Å². The molecule has 2 aromatic carbocycles. The molecular weight excluding hydrogens is 538 g/mol. The number of halogens is 1. The Morgan fingerprint density at radius 3 is 2.73 bits per heavy atom. The molecule has 0 unspecified atom stereocenters. The highest BCUT2D eigenvalue weighted by Gasteiger charge is 2.15. The van der Waals surface area contributed by atoms with E-state index in [0.717, 1.165) is 15.5 Å². The fraction of sp³-hybridized carbons (Fsp3) is 0.259. The first-order valence-electron chi connectivity index (χ1n) is 11.7. The van der Waals surface area contributed by atoms with Gasteiger partial charge in [0.2, 0.25) is 5.91 Å². The molecule has 0 aliphatic rings. The van der Waals surface area contributed by atoms with Crippen LogP contribution in [0, 0.1) is 11.3 Å². The molecule has 1 aromatic heterocycles. The van der Waals surface area contributed by atoms with Crippen LogP contribution < -0.4 is 15.4 Å². The maximum Gasteiger partial charge on any atom is 0.325 e. The van der Waals surface area contributed by atoms with Crippen molar-refractivity contribution in [2.45, 2.75) is 13.8 Å². The Morgan fingerprint density at radius 2 is 2.05 bits per heavy atom. The van der Waals surface area contributed by atoms with E-state index < -0.39 is 5.97 Å². The highest BCUT2D eigenvalue weighted by molar-refractivity contribution is 9.10. The molecule has 37 heavy (non-hydrogen) atoms. The van der Waals surface area contributed by atoms with Crippen molar-refractivity contribution in [1.82, 2.24) is 9.88 Å². The lowest BCUT2D eigenvalue weighted by Crippen LogP contribution is -2.35. The molecule has 3 aromatic rings. The van der Waals surface area contributed by atoms with E-state index in [-0.39, 0.29) is 19.1 Å². The molecule has 1 heterocycles. The lowest BCUT2D eigenvalue weighted by molar-refractivity contribution is -0.147. The highest BCUT2D eigenvalue weighted by Crippen LogP contribution is 2.36. The smallest absolute Gasteiger partial charge is 0.325 e. The van der Waals surface area contributed by atoms with Gasteiger partial charge in [0.15, 0.2) is 0 Å². The molecule has 0 aliphatic carbocycles. The number of esters is 1. The summed E-state index contributed by atoms with van der Waals surface area (Å²) in [4.78, 5) is 30.0. The topological polar surface area (TPSA) is 117 Å². The number of pyridine rings is 1. The zero-order valence-electron chi connectivity index (χ0n) is 20.9. The molecule has 1 amide bonds. The van der Waals surface area contributed by atoms with E-state index in [9.17, 15) is 14.9 Å². The van der Waals surface area contributed by atoms with Gasteiger partial charge in [0, 0.05) is 47.0 Å². The third kappa shape index (κ3) is 7.21. The first-order valence-corrected chi connectivity index (χ1v) is 12.5. The average molecular weight is 566 g/mol. The average Bonchev–Trinajstić information content (AvgIpc) is 2.89. The van der Waals surface area contributed by atoms with Crippen LogP contribution in [0.15, 0.2) is 59.2 Å². The van der Waals surface area contributed by atoms with Gasteiger partial charge in [0.1, 0.15) is 18.4 Å². The van der Waals surface area contributed by atoms with Crippen LogP contribution in [0.1, 0.15) is 19.4 Å². The standard InChI is InChI=1S/C27H28BrN5O4/c1-4-33(17-26(35)37-5-2)25(34)10-7-11-30-23-13-21-22(14-24(23)36-3)31-16-18(15-29)27(21)32-20-9-6-8-19(28)12-20/h6-10,12-14,16,30H,4-5,11,17H2,1-3H3,(H,31,32). The second-order valence-electron chi connectivity index (χ2n) is 7.80. The summed E-state index contributed by atoms with van der Waals surface area (Å²) < 4.78 is 11.4. The van der Waals surface area contributed by atoms with E-state index in [0.29, 0.717) is 41.3 Å². The van der Waals surface area contributed by atoms with Gasteiger partial charge in [0.05, 0.1) is 36.2 Å². The molecule has 192 valence electrons. The fourth-order valence-corrected chi connectivity index (χ4v) is 4.00. The van der Waals surface area contributed by atoms with Gasteiger partial charge in [0.25, 0.3) is 0 Å². The molecule has 0 fully saturated rings. The monoisotopic (exact) mass is 565 g/mol. The lowest BCUT2D eigenvalue weighted by Gasteiger charge is -2.18. The minimum atomic E-state index is -0.442. The van der Waals surface area contributed by atoms with Crippen LogP contribution in [0.5, 0.6) is 5.75 Å². The minimum Gasteiger partial charge on any atom is -0.495 e. The van der Waals surface area contributed by atoms with Crippen molar-refractivity contribution >= 4 is 55.8 Å². The number of carbonyl (C=O) groups is 2. The first-order chi connectivity index (χ1) is 17.9. The summed E-state index contributed by atoms with van der Waals surface area (Å²) in [5.74, 6) is -0.163. The van der Waals surface area contributed by atoms with E-state index >= 15 is 0 Å². The number of nitrogens with zero attached hydrogens (tertiary/aromatic N) is 3. The number of aromatic nitrogens is 1. The number of carbonyl (C=O) groups excluding carboxylic acids is 2. The molecule has 2 N–H and O–H groups in total. The van der Waals surface area contributed by atoms with Crippen LogP contribution in [0.3, 0.4) is 0 Å². The molecule has 0 bridgehead atoms. The molecule has 0 aliphatic heterocycles. The number of amides is 1. The number of fused-ring (bicyclic) bond motifs is 1. The van der Waals surface area contributed by atoms with E-state index in [1.54, 1.807) is 33.1 Å². The molecule has 0 radical (unpaired) electrons. The molecule has 3 rings (SSSR count). The summed E-state index contributed by atoms with van der Waals surface area (Å²) in [6, 6.07) is 13.5. The summed E-state index contributed by atoms with van der Waals surface area (Å²) in [6.45, 7) is 4.40. The van der Waals surface area contributed by atoms with Crippen molar-refractivity contribution in [1.29, 1.82) is 5.26 Å². The number of nitrogens with one attached hydrogen (secondary N) is 2. The Kier molecular flexibility index (Phi) is 9.86. The summed E-state index contributed by atoms with van der Waals surface area (Å²) in [7, 11) is 1.56. The molecule has 0 saturated heterocycles. The number of benzene rings is 2. The van der Waals surface area contributed by atoms with Gasteiger partial charge in [-0.3, -0.25) is 14.6 Å². The van der Waals surface area contributed by atoms with Crippen molar-refractivity contribution in [2.75, 3.05) is 44.0 Å². The Morgan fingerprint density at radius 1 is 1.24 bits per heavy atom. The van der Waals surface area contributed by atoms with Crippen molar-refractivity contribution < 1.29 is 19.1 Å². The molecule has 10 heteroatoms. The molecule has 0 spiro atoms. The number of hydrogen-bond acceptors (Lipinski definition) is 8. The molecule has 0 atom stereocenters. The van der Waals surface area contributed by atoms with E-state index in [4.69, 9.17) is 9.47 Å². The maximum absolute atomic E-state index is 12.5. The summed E-state index contributed by atoms with van der Waals surface area (Å²) in [6.07, 6.45) is 4.61. The van der Waals surface area contributed by atoms with E-state index in [1.807, 2.05) is 30.3 Å². The van der Waals surface area contributed by atoms with Gasteiger partial charge >= 0.3 is 5.97 Å². The lowest BCUT2D eigenvalue weighted by atomic mass is 10.1. The number of likely N-dealkylation sites (N-methyl/N-ethyl adjacent to an activating group) is 1. The Bertz CT molecular complexity index is 1350. The number of nitriles is 1. The third-order valence-electron chi connectivity index (χ3n) is 5.39. The Labute approximate surface area is 224 Å². The predicted molar refractivity (Wildman–Crippen MR) is 147 cm³/mol. The largest absolute Gasteiger partial charge is 0.495 e. The maximum atomic E-state index is 12.5. The molecule has 0 saturated carbocycles. The van der Waals surface area contributed by atoms with E-state index in [1.165, 1.54) is 17.2 Å². The van der Waals surface area contributed by atoms with Gasteiger partial charge in [-0.15, -0.1) is 0 Å². The number of methoxy groups -OCH3 is 1. The summed E-state index contributed by atoms with van der Waals surface area (Å²) in [5, 5.41) is 17.0. The number of ether oxygens (including phenoxy) is 2. The number of hydrogen-bond donors (Lipinski definition) is 2. The highest BCUT2D eigenvalue weighted by atomic mass is 79.9. The quantitative estimate of drug-likeness (QED) is 0.246. The van der Waals surface area contributed by atoms with E-state index in [2.05, 4.69) is 37.6 Å². The van der Waals surface area contributed by atoms with Crippen molar-refractivity contribution in [3.8, 4) is 11.8 Å². The number of rotatable bonds is 11. The summed E-state index contributed by atoms with van der Waals surface area (Å²) in [5.41, 5.74) is 3.16. The predicted octanol–water partition coefficient (Wildman–Crippen LogP) is 5.00. The zero-order valence-corrected chi connectivity index (χ0v) is 22.5. The van der Waals surface area contributed by atoms with Gasteiger partial charge < -0.3 is 25.0 Å². The van der Waals surface area contributed by atoms with Gasteiger partial charge in [-0.05, 0) is 38.1 Å². The van der Waals surface area contributed by atoms with Crippen LogP contribution in [0.4, 0.5) is 17.1 Å². The minimum absolute atomic E-state index is 0.0958. The van der Waals surface area contributed by atoms with Crippen molar-refractivity contribution in [2.24, 2.45) is 0 Å². The van der Waals surface area contributed by atoms with Crippen LogP contribution in [-0.2, 0) is 14.3 Å². The Balaban J connectivity index is 1.83. The number of anilines is 3. The second-order valence-corrected chi connectivity index (χ2v) is 8.72. The summed E-state index contributed by atoms with van der Waals surface area (Å²) >= 11 is 3.47. The van der Waals surface area contributed by atoms with Gasteiger partial charge in [-0.1, -0.05) is 28.1 Å². The van der Waals surface area contributed by atoms with Gasteiger partial charge in [-0.2, -0.15) is 5.26 Å². The zero-order chi connectivity index (χ0) is 26.8. The van der Waals surface area contributed by atoms with Crippen LogP contribution >= 0.6 is 15.9 Å². The van der Waals surface area contributed by atoms with Gasteiger partial charge in [-0.25, -0.2) is 0 Å². The third-order valence-corrected chi connectivity index (χ3v) is 5.89. The molecular formula is C27H28BrN5O4. The first kappa shape index (κ1) is 27.5.